The SMILES string of the molecule is CCN(CC)S(=O)(=O)c1cc(C(=O)N[C@@H](C)[C@H]2C[C@@H]3CC[C@@H]2C3)ccc1Cl. The second-order valence-electron chi connectivity index (χ2n) is 7.84. The number of hydrogen-bond acceptors (Lipinski definition) is 3. The summed E-state index contributed by atoms with van der Waals surface area (Å²) >= 11 is 6.16. The van der Waals surface area contributed by atoms with Crippen molar-refractivity contribution in [3.8, 4) is 0 Å². The molecule has 7 heteroatoms. The second-order valence-corrected chi connectivity index (χ2v) is 10.1. The molecule has 0 saturated heterocycles. The first-order chi connectivity index (χ1) is 12.8. The molecular formula is C20H29ClN2O3S. The molecule has 1 aromatic rings. The van der Waals surface area contributed by atoms with Gasteiger partial charge in [-0.05, 0) is 62.1 Å². The van der Waals surface area contributed by atoms with Gasteiger partial charge >= 0.3 is 0 Å². The Balaban J connectivity index is 1.78. The molecule has 2 fully saturated rings. The average Bonchev–Trinajstić information content (AvgIpc) is 3.26. The second kappa shape index (κ2) is 8.10. The highest BCUT2D eigenvalue weighted by Gasteiger charge is 2.42. The maximum atomic E-state index is 12.8. The van der Waals surface area contributed by atoms with Crippen molar-refractivity contribution in [3.05, 3.63) is 28.8 Å². The van der Waals surface area contributed by atoms with E-state index in [1.807, 2.05) is 0 Å². The molecule has 1 aromatic carbocycles. The summed E-state index contributed by atoms with van der Waals surface area (Å²) in [5.41, 5.74) is 0.333. The lowest BCUT2D eigenvalue weighted by Gasteiger charge is -2.28. The first kappa shape index (κ1) is 20.6. The molecule has 0 aromatic heterocycles. The zero-order valence-electron chi connectivity index (χ0n) is 16.2. The maximum absolute atomic E-state index is 12.8. The molecule has 5 nitrogen and oxygen atoms in total. The van der Waals surface area contributed by atoms with Gasteiger partial charge in [-0.2, -0.15) is 4.31 Å². The van der Waals surface area contributed by atoms with Crippen LogP contribution >= 0.6 is 11.6 Å². The molecule has 2 bridgehead atoms. The number of nitrogens with one attached hydrogen (secondary N) is 1. The highest BCUT2D eigenvalue weighted by molar-refractivity contribution is 7.89. The maximum Gasteiger partial charge on any atom is 0.251 e. The minimum absolute atomic E-state index is 0.00640. The monoisotopic (exact) mass is 412 g/mol. The van der Waals surface area contributed by atoms with Crippen molar-refractivity contribution < 1.29 is 13.2 Å². The number of nitrogens with zero attached hydrogens (tertiary/aromatic N) is 1. The van der Waals surface area contributed by atoms with Crippen LogP contribution in [0.2, 0.25) is 5.02 Å². The van der Waals surface area contributed by atoms with Crippen LogP contribution in [-0.2, 0) is 10.0 Å². The van der Waals surface area contributed by atoms with Gasteiger partial charge in [0.05, 0.1) is 5.02 Å². The quantitative estimate of drug-likeness (QED) is 0.737. The Labute approximate surface area is 167 Å². The predicted octanol–water partition coefficient (Wildman–Crippen LogP) is 3.93. The molecule has 150 valence electrons. The van der Waals surface area contributed by atoms with E-state index in [1.54, 1.807) is 19.9 Å². The Bertz CT molecular complexity index is 807. The van der Waals surface area contributed by atoms with Crippen LogP contribution in [0.4, 0.5) is 0 Å². The molecule has 4 atom stereocenters. The van der Waals surface area contributed by atoms with Gasteiger partial charge in [0.1, 0.15) is 4.90 Å². The van der Waals surface area contributed by atoms with E-state index in [9.17, 15) is 13.2 Å². The number of amides is 1. The summed E-state index contributed by atoms with van der Waals surface area (Å²) in [6, 6.07) is 4.58. The number of hydrogen-bond donors (Lipinski definition) is 1. The number of benzene rings is 1. The molecule has 0 unspecified atom stereocenters. The van der Waals surface area contributed by atoms with E-state index in [4.69, 9.17) is 11.6 Å². The van der Waals surface area contributed by atoms with Crippen LogP contribution in [0.1, 0.15) is 56.8 Å². The average molecular weight is 413 g/mol. The number of carbonyl (C=O) groups is 1. The molecule has 3 rings (SSSR count). The summed E-state index contributed by atoms with van der Waals surface area (Å²) in [7, 11) is -3.72. The predicted molar refractivity (Wildman–Crippen MR) is 107 cm³/mol. The van der Waals surface area contributed by atoms with E-state index in [2.05, 4.69) is 12.2 Å². The van der Waals surface area contributed by atoms with Gasteiger partial charge in [0.25, 0.3) is 5.91 Å². The normalized spacial score (nSPS) is 25.7. The van der Waals surface area contributed by atoms with Gasteiger partial charge in [0.2, 0.25) is 10.0 Å². The lowest BCUT2D eigenvalue weighted by Crippen LogP contribution is -2.40. The van der Waals surface area contributed by atoms with E-state index in [1.165, 1.54) is 42.1 Å². The first-order valence-electron chi connectivity index (χ1n) is 9.88. The highest BCUT2D eigenvalue weighted by Crippen LogP contribution is 2.49. The van der Waals surface area contributed by atoms with Gasteiger partial charge in [-0.25, -0.2) is 8.42 Å². The Morgan fingerprint density at radius 1 is 1.26 bits per heavy atom. The van der Waals surface area contributed by atoms with Crippen LogP contribution in [0, 0.1) is 17.8 Å². The molecule has 0 heterocycles. The topological polar surface area (TPSA) is 66.5 Å². The molecular weight excluding hydrogens is 384 g/mol. The number of sulfonamides is 1. The zero-order valence-corrected chi connectivity index (χ0v) is 17.8. The summed E-state index contributed by atoms with van der Waals surface area (Å²) in [4.78, 5) is 12.7. The van der Waals surface area contributed by atoms with Gasteiger partial charge in [-0.15, -0.1) is 0 Å². The molecule has 1 N–H and O–H groups in total. The number of halogens is 1. The summed E-state index contributed by atoms with van der Waals surface area (Å²) < 4.78 is 27.0. The van der Waals surface area contributed by atoms with Crippen LogP contribution in [-0.4, -0.2) is 37.8 Å². The molecule has 0 aliphatic heterocycles. The smallest absolute Gasteiger partial charge is 0.251 e. The summed E-state index contributed by atoms with van der Waals surface area (Å²) in [5, 5.41) is 3.23. The molecule has 2 aliphatic carbocycles. The molecule has 2 aliphatic rings. The minimum Gasteiger partial charge on any atom is -0.349 e. The van der Waals surface area contributed by atoms with Gasteiger partial charge in [0, 0.05) is 24.7 Å². The van der Waals surface area contributed by atoms with Gasteiger partial charge in [-0.3, -0.25) is 4.79 Å². The molecule has 1 amide bonds. The highest BCUT2D eigenvalue weighted by atomic mass is 35.5. The van der Waals surface area contributed by atoms with E-state index in [0.717, 1.165) is 5.92 Å². The van der Waals surface area contributed by atoms with Crippen molar-refractivity contribution in [2.24, 2.45) is 17.8 Å². The molecule has 27 heavy (non-hydrogen) atoms. The van der Waals surface area contributed by atoms with Gasteiger partial charge < -0.3 is 5.32 Å². The number of carbonyl (C=O) groups excluding carboxylic acids is 1. The molecule has 2 saturated carbocycles. The Kier molecular flexibility index (Phi) is 6.18. The Morgan fingerprint density at radius 2 is 1.96 bits per heavy atom. The van der Waals surface area contributed by atoms with E-state index in [0.29, 0.717) is 30.5 Å². The van der Waals surface area contributed by atoms with Crippen LogP contribution in [0.25, 0.3) is 0 Å². The van der Waals surface area contributed by atoms with Crippen molar-refractivity contribution >= 4 is 27.5 Å². The van der Waals surface area contributed by atoms with Crippen LogP contribution in [0.15, 0.2) is 23.1 Å². The largest absolute Gasteiger partial charge is 0.349 e. The number of rotatable bonds is 7. The van der Waals surface area contributed by atoms with Crippen molar-refractivity contribution in [1.29, 1.82) is 0 Å². The fourth-order valence-electron chi connectivity index (χ4n) is 4.85. The molecule has 0 spiro atoms. The van der Waals surface area contributed by atoms with Crippen LogP contribution < -0.4 is 5.32 Å². The summed E-state index contributed by atoms with van der Waals surface area (Å²) in [6.07, 6.45) is 5.07. The minimum atomic E-state index is -3.72. The first-order valence-corrected chi connectivity index (χ1v) is 11.7. The van der Waals surface area contributed by atoms with Crippen molar-refractivity contribution in [2.45, 2.75) is 57.4 Å². The Morgan fingerprint density at radius 3 is 2.52 bits per heavy atom. The summed E-state index contributed by atoms with van der Waals surface area (Å²) in [5.74, 6) is 1.83. The van der Waals surface area contributed by atoms with Gasteiger partial charge in [-0.1, -0.05) is 31.9 Å². The van der Waals surface area contributed by atoms with Crippen molar-refractivity contribution in [2.75, 3.05) is 13.1 Å². The Hall–Kier alpha value is -1.11. The fraction of sp³-hybridized carbons (Fsp3) is 0.650. The van der Waals surface area contributed by atoms with Crippen molar-refractivity contribution in [3.63, 3.8) is 0 Å². The number of fused-ring (bicyclic) bond motifs is 2. The third-order valence-electron chi connectivity index (χ3n) is 6.31. The van der Waals surface area contributed by atoms with E-state index in [-0.39, 0.29) is 21.9 Å². The molecule has 0 radical (unpaired) electrons. The standard InChI is InChI=1S/C20H29ClN2O3S/c1-4-23(5-2)27(25,26)19-12-16(8-9-18(19)21)20(24)22-13(3)17-11-14-6-7-15(17)10-14/h8-9,12-15,17H,4-7,10-11H2,1-3H3,(H,22,24)/t13-,14+,15+,17+/m0/s1. The van der Waals surface area contributed by atoms with Crippen molar-refractivity contribution in [1.82, 2.24) is 9.62 Å². The van der Waals surface area contributed by atoms with Gasteiger partial charge in [0.15, 0.2) is 0 Å². The van der Waals surface area contributed by atoms with E-state index >= 15 is 0 Å². The van der Waals surface area contributed by atoms with E-state index < -0.39 is 10.0 Å². The lowest BCUT2D eigenvalue weighted by atomic mass is 9.84. The van der Waals surface area contributed by atoms with Crippen LogP contribution in [0.3, 0.4) is 0 Å². The summed E-state index contributed by atoms with van der Waals surface area (Å²) in [6.45, 7) is 6.33. The van der Waals surface area contributed by atoms with Crippen LogP contribution in [0.5, 0.6) is 0 Å². The lowest BCUT2D eigenvalue weighted by molar-refractivity contribution is 0.0915. The fourth-order valence-corrected chi connectivity index (χ4v) is 6.81. The third-order valence-corrected chi connectivity index (χ3v) is 8.84. The zero-order chi connectivity index (χ0) is 19.8. The third kappa shape index (κ3) is 4.03.